The number of benzene rings is 2. The fraction of sp³-hybridized carbons (Fsp3) is 0.267. The third kappa shape index (κ3) is 3.41. The van der Waals surface area contributed by atoms with Gasteiger partial charge in [0.2, 0.25) is 0 Å². The van der Waals surface area contributed by atoms with Crippen LogP contribution < -0.4 is 5.32 Å². The standard InChI is InChI=1S/C15H16BrNO4/c16-13-4-3-10-5-12(2-1-11(10)6-13)14(21)17-15(7-18,8-19)9-20/h1-6,18-20H,7-9H2,(H,17,21). The van der Waals surface area contributed by atoms with E-state index in [4.69, 9.17) is 0 Å². The number of amides is 1. The summed E-state index contributed by atoms with van der Waals surface area (Å²) in [6, 6.07) is 10.9. The summed E-state index contributed by atoms with van der Waals surface area (Å²) in [5, 5.41) is 32.1. The van der Waals surface area contributed by atoms with Gasteiger partial charge in [0.05, 0.1) is 19.8 Å². The van der Waals surface area contributed by atoms with Gasteiger partial charge in [0.15, 0.2) is 0 Å². The summed E-state index contributed by atoms with van der Waals surface area (Å²) >= 11 is 3.39. The Kier molecular flexibility index (Phi) is 4.95. The average Bonchev–Trinajstić information content (AvgIpc) is 2.52. The summed E-state index contributed by atoms with van der Waals surface area (Å²) in [6.45, 7) is -1.65. The molecule has 0 bridgehead atoms. The summed E-state index contributed by atoms with van der Waals surface area (Å²) in [5.41, 5.74) is -1.03. The van der Waals surface area contributed by atoms with Crippen LogP contribution in [-0.2, 0) is 0 Å². The van der Waals surface area contributed by atoms with Crippen molar-refractivity contribution in [3.63, 3.8) is 0 Å². The molecule has 0 fully saturated rings. The van der Waals surface area contributed by atoms with Gasteiger partial charge in [-0.25, -0.2) is 0 Å². The first-order chi connectivity index (χ1) is 10.0. The Morgan fingerprint density at radius 3 is 2.19 bits per heavy atom. The van der Waals surface area contributed by atoms with Crippen molar-refractivity contribution in [3.8, 4) is 0 Å². The lowest BCUT2D eigenvalue weighted by Gasteiger charge is -2.28. The monoisotopic (exact) mass is 353 g/mol. The van der Waals surface area contributed by atoms with E-state index in [1.165, 1.54) is 0 Å². The van der Waals surface area contributed by atoms with Crippen LogP contribution in [0.5, 0.6) is 0 Å². The maximum atomic E-state index is 12.2. The van der Waals surface area contributed by atoms with Gasteiger partial charge in [0.1, 0.15) is 5.54 Å². The summed E-state index contributed by atoms with van der Waals surface area (Å²) in [5.74, 6) is -0.461. The van der Waals surface area contributed by atoms with E-state index in [1.54, 1.807) is 12.1 Å². The molecular weight excluding hydrogens is 338 g/mol. The molecule has 2 aromatic carbocycles. The largest absolute Gasteiger partial charge is 0.394 e. The van der Waals surface area contributed by atoms with Gasteiger partial charge in [0, 0.05) is 10.0 Å². The van der Waals surface area contributed by atoms with Gasteiger partial charge in [0.25, 0.3) is 5.91 Å². The topological polar surface area (TPSA) is 89.8 Å². The van der Waals surface area contributed by atoms with E-state index in [1.807, 2.05) is 24.3 Å². The number of halogens is 1. The fourth-order valence-electron chi connectivity index (χ4n) is 1.94. The second kappa shape index (κ2) is 6.53. The molecule has 0 aliphatic heterocycles. The van der Waals surface area contributed by atoms with Crippen molar-refractivity contribution in [2.75, 3.05) is 19.8 Å². The first-order valence-corrected chi connectivity index (χ1v) is 7.17. The molecule has 112 valence electrons. The molecule has 0 saturated carbocycles. The van der Waals surface area contributed by atoms with E-state index in [9.17, 15) is 20.1 Å². The number of fused-ring (bicyclic) bond motifs is 1. The van der Waals surface area contributed by atoms with E-state index in [2.05, 4.69) is 21.2 Å². The average molecular weight is 354 g/mol. The number of aliphatic hydroxyl groups is 3. The van der Waals surface area contributed by atoms with Gasteiger partial charge < -0.3 is 20.6 Å². The van der Waals surface area contributed by atoms with Crippen LogP contribution in [0.15, 0.2) is 40.9 Å². The Morgan fingerprint density at radius 1 is 1.00 bits per heavy atom. The minimum absolute atomic E-state index is 0.393. The molecule has 0 aromatic heterocycles. The quantitative estimate of drug-likeness (QED) is 0.646. The predicted molar refractivity (Wildman–Crippen MR) is 83.1 cm³/mol. The van der Waals surface area contributed by atoms with Crippen molar-refractivity contribution >= 4 is 32.6 Å². The molecule has 4 N–H and O–H groups in total. The molecular formula is C15H16BrNO4. The third-order valence-electron chi connectivity index (χ3n) is 3.35. The summed E-state index contributed by atoms with van der Waals surface area (Å²) < 4.78 is 0.951. The van der Waals surface area contributed by atoms with Crippen LogP contribution in [0.3, 0.4) is 0 Å². The zero-order chi connectivity index (χ0) is 15.5. The highest BCUT2D eigenvalue weighted by atomic mass is 79.9. The smallest absolute Gasteiger partial charge is 0.251 e. The predicted octanol–water partition coefficient (Wildman–Crippen LogP) is 1.05. The van der Waals surface area contributed by atoms with Crippen molar-refractivity contribution in [1.29, 1.82) is 0 Å². The third-order valence-corrected chi connectivity index (χ3v) is 3.84. The molecule has 0 heterocycles. The summed E-state index contributed by atoms with van der Waals surface area (Å²) in [7, 11) is 0. The molecule has 2 rings (SSSR count). The van der Waals surface area contributed by atoms with Crippen molar-refractivity contribution < 1.29 is 20.1 Å². The van der Waals surface area contributed by atoms with Gasteiger partial charge >= 0.3 is 0 Å². The Balaban J connectivity index is 2.29. The Labute approximate surface area is 130 Å². The molecule has 6 heteroatoms. The van der Waals surface area contributed by atoms with Gasteiger partial charge in [-0.2, -0.15) is 0 Å². The highest BCUT2D eigenvalue weighted by molar-refractivity contribution is 9.10. The minimum Gasteiger partial charge on any atom is -0.394 e. The number of carbonyl (C=O) groups is 1. The van der Waals surface area contributed by atoms with Crippen LogP contribution in [0.4, 0.5) is 0 Å². The second-order valence-electron chi connectivity index (χ2n) is 4.92. The molecule has 0 aliphatic carbocycles. The second-order valence-corrected chi connectivity index (χ2v) is 5.83. The van der Waals surface area contributed by atoms with Crippen LogP contribution in [0.2, 0.25) is 0 Å². The number of carbonyl (C=O) groups excluding carboxylic acids is 1. The number of hydrogen-bond donors (Lipinski definition) is 4. The van der Waals surface area contributed by atoms with Crippen LogP contribution in [0.25, 0.3) is 10.8 Å². The van der Waals surface area contributed by atoms with E-state index < -0.39 is 31.3 Å². The molecule has 0 atom stereocenters. The van der Waals surface area contributed by atoms with Gasteiger partial charge in [-0.1, -0.05) is 28.1 Å². The van der Waals surface area contributed by atoms with E-state index in [0.29, 0.717) is 5.56 Å². The normalized spacial score (nSPS) is 11.6. The first kappa shape index (κ1) is 15.9. The lowest BCUT2D eigenvalue weighted by Crippen LogP contribution is -2.57. The van der Waals surface area contributed by atoms with E-state index >= 15 is 0 Å². The molecule has 0 saturated heterocycles. The molecule has 0 radical (unpaired) electrons. The maximum Gasteiger partial charge on any atom is 0.251 e. The number of nitrogens with one attached hydrogen (secondary N) is 1. The highest BCUT2D eigenvalue weighted by Crippen LogP contribution is 2.21. The van der Waals surface area contributed by atoms with Crippen LogP contribution in [0, 0.1) is 0 Å². The molecule has 0 aliphatic rings. The van der Waals surface area contributed by atoms with E-state index in [0.717, 1.165) is 15.2 Å². The summed E-state index contributed by atoms with van der Waals surface area (Å²) in [4.78, 5) is 12.2. The van der Waals surface area contributed by atoms with Crippen molar-refractivity contribution in [2.24, 2.45) is 0 Å². The lowest BCUT2D eigenvalue weighted by molar-refractivity contribution is 0.0375. The Hall–Kier alpha value is -1.47. The summed E-state index contributed by atoms with van der Waals surface area (Å²) in [6.07, 6.45) is 0. The Morgan fingerprint density at radius 2 is 1.57 bits per heavy atom. The molecule has 0 spiro atoms. The highest BCUT2D eigenvalue weighted by Gasteiger charge is 2.30. The Bertz CT molecular complexity index is 647. The minimum atomic E-state index is -1.42. The van der Waals surface area contributed by atoms with Crippen LogP contribution in [-0.4, -0.2) is 46.6 Å². The number of aliphatic hydroxyl groups excluding tert-OH is 3. The van der Waals surface area contributed by atoms with Crippen molar-refractivity contribution in [1.82, 2.24) is 5.32 Å². The maximum absolute atomic E-state index is 12.2. The van der Waals surface area contributed by atoms with Crippen molar-refractivity contribution in [2.45, 2.75) is 5.54 Å². The van der Waals surface area contributed by atoms with Gasteiger partial charge in [-0.05, 0) is 35.0 Å². The first-order valence-electron chi connectivity index (χ1n) is 6.38. The number of rotatable bonds is 5. The lowest BCUT2D eigenvalue weighted by atomic mass is 10.0. The molecule has 1 amide bonds. The molecule has 0 unspecified atom stereocenters. The molecule has 21 heavy (non-hydrogen) atoms. The van der Waals surface area contributed by atoms with Gasteiger partial charge in [-0.15, -0.1) is 0 Å². The van der Waals surface area contributed by atoms with Crippen LogP contribution >= 0.6 is 15.9 Å². The zero-order valence-corrected chi connectivity index (χ0v) is 12.8. The zero-order valence-electron chi connectivity index (χ0n) is 11.2. The van der Waals surface area contributed by atoms with Crippen molar-refractivity contribution in [3.05, 3.63) is 46.4 Å². The molecule has 2 aromatic rings. The number of hydrogen-bond acceptors (Lipinski definition) is 4. The SMILES string of the molecule is O=C(NC(CO)(CO)CO)c1ccc2cc(Br)ccc2c1. The van der Waals surface area contributed by atoms with Gasteiger partial charge in [-0.3, -0.25) is 4.79 Å². The molecule has 5 nitrogen and oxygen atoms in total. The van der Waals surface area contributed by atoms with E-state index in [-0.39, 0.29) is 0 Å². The fourth-order valence-corrected chi connectivity index (χ4v) is 2.32. The van der Waals surface area contributed by atoms with Crippen LogP contribution in [0.1, 0.15) is 10.4 Å².